The Balaban J connectivity index is 3.67. The quantitative estimate of drug-likeness (QED) is 0.584. The zero-order chi connectivity index (χ0) is 12.4. The molecule has 0 aromatic carbocycles. The number of carbonyl (C=O) groups excluding carboxylic acids is 1. The van der Waals surface area contributed by atoms with Gasteiger partial charge in [-0.15, -0.1) is 0 Å². The molecule has 0 aromatic rings. The van der Waals surface area contributed by atoms with Gasteiger partial charge in [-0.3, -0.25) is 4.79 Å². The van der Waals surface area contributed by atoms with Crippen LogP contribution in [0.3, 0.4) is 0 Å². The van der Waals surface area contributed by atoms with Crippen LogP contribution < -0.4 is 11.1 Å². The molecule has 0 aliphatic carbocycles. The van der Waals surface area contributed by atoms with Crippen LogP contribution in [0.4, 0.5) is 0 Å². The van der Waals surface area contributed by atoms with Gasteiger partial charge in [0.15, 0.2) is 0 Å². The topological polar surface area (TPSA) is 64.3 Å². The molecule has 0 spiro atoms. The van der Waals surface area contributed by atoms with Gasteiger partial charge in [-0.05, 0) is 25.7 Å². The van der Waals surface area contributed by atoms with E-state index in [0.717, 1.165) is 19.4 Å². The normalized spacial score (nSPS) is 12.8. The first-order chi connectivity index (χ1) is 7.61. The van der Waals surface area contributed by atoms with Crippen molar-refractivity contribution in [1.29, 1.82) is 0 Å². The zero-order valence-corrected chi connectivity index (χ0v) is 10.8. The van der Waals surface area contributed by atoms with Crippen LogP contribution >= 0.6 is 0 Å². The molecule has 16 heavy (non-hydrogen) atoms. The van der Waals surface area contributed by atoms with Crippen molar-refractivity contribution >= 4 is 5.91 Å². The summed E-state index contributed by atoms with van der Waals surface area (Å²) >= 11 is 0. The lowest BCUT2D eigenvalue weighted by Crippen LogP contribution is -2.36. The summed E-state index contributed by atoms with van der Waals surface area (Å²) in [6, 6.07) is 0. The van der Waals surface area contributed by atoms with Crippen molar-refractivity contribution in [3.8, 4) is 0 Å². The first-order valence-corrected chi connectivity index (χ1v) is 6.17. The molecule has 0 heterocycles. The molecule has 4 nitrogen and oxygen atoms in total. The maximum atomic E-state index is 11.7. The molecule has 96 valence electrons. The van der Waals surface area contributed by atoms with E-state index in [2.05, 4.69) is 19.2 Å². The number of carbonyl (C=O) groups is 1. The third-order valence-electron chi connectivity index (χ3n) is 2.38. The van der Waals surface area contributed by atoms with Gasteiger partial charge < -0.3 is 15.8 Å². The molecule has 3 N–H and O–H groups in total. The number of rotatable bonds is 9. The Kier molecular flexibility index (Phi) is 9.24. The second-order valence-electron chi connectivity index (χ2n) is 4.40. The van der Waals surface area contributed by atoms with Crippen LogP contribution in [0.15, 0.2) is 0 Å². The number of nitrogens with two attached hydrogens (primary N) is 1. The van der Waals surface area contributed by atoms with E-state index in [-0.39, 0.29) is 11.8 Å². The van der Waals surface area contributed by atoms with Crippen LogP contribution in [0.2, 0.25) is 0 Å². The minimum Gasteiger partial charge on any atom is -0.382 e. The van der Waals surface area contributed by atoms with E-state index in [1.54, 1.807) is 0 Å². The van der Waals surface area contributed by atoms with E-state index in [1.807, 2.05) is 6.92 Å². The van der Waals surface area contributed by atoms with Crippen molar-refractivity contribution in [2.75, 3.05) is 26.3 Å². The largest absolute Gasteiger partial charge is 0.382 e. The molecular weight excluding hydrogens is 204 g/mol. The van der Waals surface area contributed by atoms with Crippen LogP contribution in [-0.4, -0.2) is 32.2 Å². The van der Waals surface area contributed by atoms with Crippen molar-refractivity contribution < 1.29 is 9.53 Å². The highest BCUT2D eigenvalue weighted by Gasteiger charge is 2.17. The Morgan fingerprint density at radius 2 is 2.12 bits per heavy atom. The van der Waals surface area contributed by atoms with Crippen LogP contribution in [0.1, 0.15) is 33.6 Å². The second kappa shape index (κ2) is 9.60. The van der Waals surface area contributed by atoms with Gasteiger partial charge in [-0.25, -0.2) is 0 Å². The summed E-state index contributed by atoms with van der Waals surface area (Å²) in [6.45, 7) is 8.70. The van der Waals surface area contributed by atoms with Gasteiger partial charge in [0.25, 0.3) is 0 Å². The highest BCUT2D eigenvalue weighted by molar-refractivity contribution is 5.78. The molecule has 0 aliphatic rings. The predicted octanol–water partition coefficient (Wildman–Crippen LogP) is 1.15. The number of nitrogens with one attached hydrogen (secondary N) is 1. The third kappa shape index (κ3) is 7.65. The summed E-state index contributed by atoms with van der Waals surface area (Å²) < 4.78 is 5.19. The van der Waals surface area contributed by atoms with Crippen molar-refractivity contribution in [3.05, 3.63) is 0 Å². The number of hydrogen-bond acceptors (Lipinski definition) is 3. The van der Waals surface area contributed by atoms with E-state index in [4.69, 9.17) is 10.5 Å². The van der Waals surface area contributed by atoms with E-state index in [1.165, 1.54) is 0 Å². The zero-order valence-electron chi connectivity index (χ0n) is 10.8. The van der Waals surface area contributed by atoms with E-state index in [9.17, 15) is 4.79 Å². The molecule has 0 aliphatic heterocycles. The molecular formula is C12H26N2O2. The summed E-state index contributed by atoms with van der Waals surface area (Å²) in [5.41, 5.74) is 5.59. The van der Waals surface area contributed by atoms with Gasteiger partial charge in [0.2, 0.25) is 5.91 Å². The first kappa shape index (κ1) is 15.4. The van der Waals surface area contributed by atoms with Crippen molar-refractivity contribution in [2.24, 2.45) is 17.6 Å². The van der Waals surface area contributed by atoms with Crippen LogP contribution in [-0.2, 0) is 9.53 Å². The average Bonchev–Trinajstić information content (AvgIpc) is 2.25. The molecule has 1 atom stereocenters. The van der Waals surface area contributed by atoms with E-state index in [0.29, 0.717) is 25.6 Å². The lowest BCUT2D eigenvalue weighted by Gasteiger charge is -2.16. The van der Waals surface area contributed by atoms with Gasteiger partial charge in [-0.1, -0.05) is 13.8 Å². The molecule has 0 fully saturated rings. The predicted molar refractivity (Wildman–Crippen MR) is 66.1 cm³/mol. The fourth-order valence-corrected chi connectivity index (χ4v) is 1.55. The summed E-state index contributed by atoms with van der Waals surface area (Å²) in [5.74, 6) is 0.530. The third-order valence-corrected chi connectivity index (χ3v) is 2.38. The summed E-state index contributed by atoms with van der Waals surface area (Å²) in [4.78, 5) is 11.7. The molecule has 0 aromatic heterocycles. The fraction of sp³-hybridized carbons (Fsp3) is 0.917. The van der Waals surface area contributed by atoms with Crippen molar-refractivity contribution in [3.63, 3.8) is 0 Å². The molecule has 4 heteroatoms. The number of amides is 1. The van der Waals surface area contributed by atoms with Crippen molar-refractivity contribution in [2.45, 2.75) is 33.6 Å². The monoisotopic (exact) mass is 230 g/mol. The molecule has 0 bridgehead atoms. The molecule has 1 unspecified atom stereocenters. The fourth-order valence-electron chi connectivity index (χ4n) is 1.55. The van der Waals surface area contributed by atoms with Crippen LogP contribution in [0, 0.1) is 11.8 Å². The lowest BCUT2D eigenvalue weighted by atomic mass is 9.96. The highest BCUT2D eigenvalue weighted by Crippen LogP contribution is 2.10. The standard InChI is InChI=1S/C12H26N2O2/c1-4-16-7-5-6-14-12(15)11(9-13)8-10(2)3/h10-11H,4-9,13H2,1-3H3,(H,14,15). The Bertz CT molecular complexity index is 184. The van der Waals surface area contributed by atoms with Crippen molar-refractivity contribution in [1.82, 2.24) is 5.32 Å². The lowest BCUT2D eigenvalue weighted by molar-refractivity contribution is -0.125. The van der Waals surface area contributed by atoms with Gasteiger partial charge >= 0.3 is 0 Å². The van der Waals surface area contributed by atoms with Gasteiger partial charge in [0.05, 0.1) is 5.92 Å². The smallest absolute Gasteiger partial charge is 0.224 e. The summed E-state index contributed by atoms with van der Waals surface area (Å²) in [7, 11) is 0. The highest BCUT2D eigenvalue weighted by atomic mass is 16.5. The first-order valence-electron chi connectivity index (χ1n) is 6.17. The van der Waals surface area contributed by atoms with Gasteiger partial charge in [-0.2, -0.15) is 0 Å². The van der Waals surface area contributed by atoms with E-state index >= 15 is 0 Å². The minimum absolute atomic E-state index is 0.0490. The molecule has 1 amide bonds. The van der Waals surface area contributed by atoms with Crippen LogP contribution in [0.5, 0.6) is 0 Å². The Morgan fingerprint density at radius 3 is 2.62 bits per heavy atom. The molecule has 0 saturated carbocycles. The maximum absolute atomic E-state index is 11.7. The van der Waals surface area contributed by atoms with Gasteiger partial charge in [0, 0.05) is 26.3 Å². The Morgan fingerprint density at radius 1 is 1.44 bits per heavy atom. The molecule has 0 rings (SSSR count). The van der Waals surface area contributed by atoms with Crippen LogP contribution in [0.25, 0.3) is 0 Å². The minimum atomic E-state index is -0.0490. The maximum Gasteiger partial charge on any atom is 0.224 e. The second-order valence-corrected chi connectivity index (χ2v) is 4.40. The SMILES string of the molecule is CCOCCCNC(=O)C(CN)CC(C)C. The Labute approximate surface area is 98.9 Å². The number of hydrogen-bond donors (Lipinski definition) is 2. The number of ether oxygens (including phenoxy) is 1. The molecule has 0 saturated heterocycles. The summed E-state index contributed by atoms with van der Waals surface area (Å²) in [5, 5.41) is 2.90. The summed E-state index contributed by atoms with van der Waals surface area (Å²) in [6.07, 6.45) is 1.71. The van der Waals surface area contributed by atoms with Gasteiger partial charge in [0.1, 0.15) is 0 Å². The Hall–Kier alpha value is -0.610. The molecule has 0 radical (unpaired) electrons. The average molecular weight is 230 g/mol. The van der Waals surface area contributed by atoms with E-state index < -0.39 is 0 Å².